The molecule has 2 nitrogen and oxygen atoms in total. The summed E-state index contributed by atoms with van der Waals surface area (Å²) < 4.78 is 0. The molecule has 1 aromatic heterocycles. The number of thiol groups is 1. The standard InChI is InChI=1S/C12H14N2S/c1-9-4-2-3-5-10(9)11-8-13-12(14-11)6-7-15/h2-5,8,15H,6-7H2,1H3,(H,13,14). The zero-order valence-corrected chi connectivity index (χ0v) is 9.59. The molecule has 1 heterocycles. The molecule has 0 bridgehead atoms. The van der Waals surface area contributed by atoms with Gasteiger partial charge in [0.25, 0.3) is 0 Å². The van der Waals surface area contributed by atoms with Crippen LogP contribution in [0.1, 0.15) is 11.4 Å². The maximum Gasteiger partial charge on any atom is 0.107 e. The number of imidazole rings is 1. The van der Waals surface area contributed by atoms with Crippen LogP contribution in [0.5, 0.6) is 0 Å². The molecular weight excluding hydrogens is 204 g/mol. The monoisotopic (exact) mass is 218 g/mol. The maximum absolute atomic E-state index is 4.32. The average molecular weight is 218 g/mol. The lowest BCUT2D eigenvalue weighted by Gasteiger charge is -2.01. The Kier molecular flexibility index (Phi) is 3.11. The molecule has 2 rings (SSSR count). The first-order valence-electron chi connectivity index (χ1n) is 5.02. The van der Waals surface area contributed by atoms with Crippen LogP contribution in [0.4, 0.5) is 0 Å². The van der Waals surface area contributed by atoms with Crippen molar-refractivity contribution in [2.75, 3.05) is 5.75 Å². The smallest absolute Gasteiger partial charge is 0.107 e. The first-order chi connectivity index (χ1) is 7.31. The molecule has 0 saturated carbocycles. The lowest BCUT2D eigenvalue weighted by atomic mass is 10.1. The Morgan fingerprint density at radius 3 is 2.87 bits per heavy atom. The Hall–Kier alpha value is -1.22. The molecule has 0 aliphatic carbocycles. The van der Waals surface area contributed by atoms with E-state index in [1.165, 1.54) is 11.1 Å². The highest BCUT2D eigenvalue weighted by Crippen LogP contribution is 2.20. The van der Waals surface area contributed by atoms with Gasteiger partial charge in [0.15, 0.2) is 0 Å². The van der Waals surface area contributed by atoms with E-state index in [9.17, 15) is 0 Å². The number of H-pyrrole nitrogens is 1. The summed E-state index contributed by atoms with van der Waals surface area (Å²) in [6.45, 7) is 2.11. The van der Waals surface area contributed by atoms with Crippen molar-refractivity contribution in [3.05, 3.63) is 41.9 Å². The molecule has 0 radical (unpaired) electrons. The van der Waals surface area contributed by atoms with Crippen molar-refractivity contribution in [1.29, 1.82) is 0 Å². The van der Waals surface area contributed by atoms with Crippen molar-refractivity contribution >= 4 is 12.6 Å². The summed E-state index contributed by atoms with van der Waals surface area (Å²) in [5.74, 6) is 1.82. The summed E-state index contributed by atoms with van der Waals surface area (Å²) in [4.78, 5) is 7.63. The van der Waals surface area contributed by atoms with Crippen molar-refractivity contribution < 1.29 is 0 Å². The number of rotatable bonds is 3. The van der Waals surface area contributed by atoms with Gasteiger partial charge in [-0.2, -0.15) is 12.6 Å². The van der Waals surface area contributed by atoms with Crippen LogP contribution in [0.15, 0.2) is 30.5 Å². The largest absolute Gasteiger partial charge is 0.342 e. The molecule has 0 unspecified atom stereocenters. The minimum atomic E-state index is 0.820. The average Bonchev–Trinajstić information content (AvgIpc) is 2.68. The number of hydrogen-bond donors (Lipinski definition) is 2. The third-order valence-corrected chi connectivity index (χ3v) is 2.64. The van der Waals surface area contributed by atoms with E-state index in [1.807, 2.05) is 18.3 Å². The molecule has 3 heteroatoms. The van der Waals surface area contributed by atoms with Gasteiger partial charge in [0.1, 0.15) is 5.82 Å². The number of hydrogen-bond acceptors (Lipinski definition) is 2. The van der Waals surface area contributed by atoms with E-state index in [0.29, 0.717) is 0 Å². The van der Waals surface area contributed by atoms with E-state index in [0.717, 1.165) is 23.7 Å². The highest BCUT2D eigenvalue weighted by Gasteiger charge is 2.04. The molecule has 0 amide bonds. The molecule has 0 atom stereocenters. The predicted octanol–water partition coefficient (Wildman–Crippen LogP) is 2.86. The fraction of sp³-hybridized carbons (Fsp3) is 0.250. The maximum atomic E-state index is 4.32. The van der Waals surface area contributed by atoms with Crippen molar-refractivity contribution in [2.45, 2.75) is 13.3 Å². The topological polar surface area (TPSA) is 28.7 Å². The molecule has 1 aromatic carbocycles. The first-order valence-corrected chi connectivity index (χ1v) is 5.65. The van der Waals surface area contributed by atoms with Crippen LogP contribution in [0.3, 0.4) is 0 Å². The number of nitrogens with one attached hydrogen (secondary N) is 1. The van der Waals surface area contributed by atoms with Crippen LogP contribution >= 0.6 is 12.6 Å². The summed E-state index contributed by atoms with van der Waals surface area (Å²) in [7, 11) is 0. The zero-order chi connectivity index (χ0) is 10.7. The second-order valence-corrected chi connectivity index (χ2v) is 3.98. The summed E-state index contributed by atoms with van der Waals surface area (Å²) in [5, 5.41) is 0. The van der Waals surface area contributed by atoms with E-state index in [1.54, 1.807) is 0 Å². The number of aryl methyl sites for hydroxylation is 2. The third kappa shape index (κ3) is 2.23. The lowest BCUT2D eigenvalue weighted by molar-refractivity contribution is 1.00. The zero-order valence-electron chi connectivity index (χ0n) is 8.70. The molecule has 2 aromatic rings. The van der Waals surface area contributed by atoms with Gasteiger partial charge in [-0.3, -0.25) is 0 Å². The van der Waals surface area contributed by atoms with Crippen LogP contribution in [-0.4, -0.2) is 15.7 Å². The lowest BCUT2D eigenvalue weighted by Crippen LogP contribution is -1.88. The Balaban J connectivity index is 2.33. The van der Waals surface area contributed by atoms with E-state index in [-0.39, 0.29) is 0 Å². The van der Waals surface area contributed by atoms with Crippen LogP contribution in [0, 0.1) is 6.92 Å². The Morgan fingerprint density at radius 1 is 1.33 bits per heavy atom. The van der Waals surface area contributed by atoms with Gasteiger partial charge in [-0.1, -0.05) is 24.3 Å². The van der Waals surface area contributed by atoms with Gasteiger partial charge >= 0.3 is 0 Å². The van der Waals surface area contributed by atoms with Crippen molar-refractivity contribution in [2.24, 2.45) is 0 Å². The summed E-state index contributed by atoms with van der Waals surface area (Å²) >= 11 is 4.19. The fourth-order valence-corrected chi connectivity index (χ4v) is 1.82. The second kappa shape index (κ2) is 4.53. The third-order valence-electron chi connectivity index (χ3n) is 2.41. The van der Waals surface area contributed by atoms with E-state index in [2.05, 4.69) is 41.7 Å². The summed E-state index contributed by atoms with van der Waals surface area (Å²) in [6, 6.07) is 8.30. The van der Waals surface area contributed by atoms with Crippen LogP contribution in [0.2, 0.25) is 0 Å². The molecule has 0 aliphatic heterocycles. The highest BCUT2D eigenvalue weighted by molar-refractivity contribution is 7.80. The Bertz CT molecular complexity index is 448. The SMILES string of the molecule is Cc1ccccc1-c1cnc(CCS)[nH]1. The minimum Gasteiger partial charge on any atom is -0.342 e. The molecule has 0 aliphatic rings. The van der Waals surface area contributed by atoms with Gasteiger partial charge < -0.3 is 4.98 Å². The van der Waals surface area contributed by atoms with E-state index >= 15 is 0 Å². The summed E-state index contributed by atoms with van der Waals surface area (Å²) in [5.41, 5.74) is 3.57. The fourth-order valence-electron chi connectivity index (χ4n) is 1.61. The van der Waals surface area contributed by atoms with Gasteiger partial charge in [0, 0.05) is 12.0 Å². The predicted molar refractivity (Wildman–Crippen MR) is 66.3 cm³/mol. The number of aromatic amines is 1. The molecule has 0 fully saturated rings. The van der Waals surface area contributed by atoms with Gasteiger partial charge in [-0.25, -0.2) is 4.98 Å². The Morgan fingerprint density at radius 2 is 2.13 bits per heavy atom. The molecule has 0 spiro atoms. The molecule has 78 valence electrons. The number of aromatic nitrogens is 2. The molecule has 0 saturated heterocycles. The first kappa shape index (κ1) is 10.3. The van der Waals surface area contributed by atoms with Gasteiger partial charge in [0.05, 0.1) is 11.9 Å². The number of benzene rings is 1. The van der Waals surface area contributed by atoms with Crippen LogP contribution in [-0.2, 0) is 6.42 Å². The minimum absolute atomic E-state index is 0.820. The number of nitrogens with zero attached hydrogens (tertiary/aromatic N) is 1. The van der Waals surface area contributed by atoms with Crippen molar-refractivity contribution in [3.63, 3.8) is 0 Å². The van der Waals surface area contributed by atoms with E-state index in [4.69, 9.17) is 0 Å². The van der Waals surface area contributed by atoms with Crippen LogP contribution < -0.4 is 0 Å². The quantitative estimate of drug-likeness (QED) is 0.762. The van der Waals surface area contributed by atoms with Gasteiger partial charge in [-0.05, 0) is 18.2 Å². The second-order valence-electron chi connectivity index (χ2n) is 3.53. The molecular formula is C12H14N2S. The normalized spacial score (nSPS) is 10.5. The van der Waals surface area contributed by atoms with Gasteiger partial charge in [0.2, 0.25) is 0 Å². The van der Waals surface area contributed by atoms with E-state index < -0.39 is 0 Å². The van der Waals surface area contributed by atoms with Crippen LogP contribution in [0.25, 0.3) is 11.3 Å². The van der Waals surface area contributed by atoms with Crippen molar-refractivity contribution in [3.8, 4) is 11.3 Å². The highest BCUT2D eigenvalue weighted by atomic mass is 32.1. The molecule has 15 heavy (non-hydrogen) atoms. The summed E-state index contributed by atoms with van der Waals surface area (Å²) in [6.07, 6.45) is 2.77. The van der Waals surface area contributed by atoms with Crippen molar-refractivity contribution in [1.82, 2.24) is 9.97 Å². The van der Waals surface area contributed by atoms with Gasteiger partial charge in [-0.15, -0.1) is 0 Å². The molecule has 1 N–H and O–H groups in total. The Labute approximate surface area is 95.2 Å².